The van der Waals surface area contributed by atoms with E-state index in [1.165, 1.54) is 18.1 Å². The molecule has 0 saturated carbocycles. The molecule has 1 aromatic carbocycles. The standard InChI is InChI=1S/C15H16BrN5O2S/c1-8(16)21-14-12(13(17)18-7-19-14)20-15(21)24-11-6-9(22-2)4-5-10(11)23-3/h4-8H,1-3H3,(H2,17,18,19). The third-order valence-electron chi connectivity index (χ3n) is 3.40. The molecule has 2 aromatic heterocycles. The maximum Gasteiger partial charge on any atom is 0.176 e. The lowest BCUT2D eigenvalue weighted by atomic mass is 10.3. The molecule has 2 N–H and O–H groups in total. The molecule has 0 amide bonds. The first-order valence-corrected chi connectivity index (χ1v) is 8.80. The molecule has 0 spiro atoms. The Morgan fingerprint density at radius 2 is 2.04 bits per heavy atom. The van der Waals surface area contributed by atoms with Crippen molar-refractivity contribution in [2.24, 2.45) is 0 Å². The van der Waals surface area contributed by atoms with Gasteiger partial charge in [-0.25, -0.2) is 15.0 Å². The van der Waals surface area contributed by atoms with Gasteiger partial charge >= 0.3 is 0 Å². The number of anilines is 1. The van der Waals surface area contributed by atoms with Crippen molar-refractivity contribution >= 4 is 44.7 Å². The van der Waals surface area contributed by atoms with E-state index in [9.17, 15) is 0 Å². The van der Waals surface area contributed by atoms with Crippen LogP contribution in [0, 0.1) is 0 Å². The van der Waals surface area contributed by atoms with Crippen molar-refractivity contribution in [3.8, 4) is 11.5 Å². The van der Waals surface area contributed by atoms with Crippen molar-refractivity contribution in [3.63, 3.8) is 0 Å². The van der Waals surface area contributed by atoms with Crippen LogP contribution in [0.15, 0.2) is 34.6 Å². The van der Waals surface area contributed by atoms with Crippen molar-refractivity contribution in [1.82, 2.24) is 19.5 Å². The molecule has 2 heterocycles. The van der Waals surface area contributed by atoms with Gasteiger partial charge in [0.15, 0.2) is 22.1 Å². The highest BCUT2D eigenvalue weighted by molar-refractivity contribution is 9.09. The minimum atomic E-state index is -0.0177. The Bertz CT molecular complexity index is 884. The number of hydrogen-bond donors (Lipinski definition) is 1. The summed E-state index contributed by atoms with van der Waals surface area (Å²) >= 11 is 5.04. The maximum absolute atomic E-state index is 5.94. The smallest absolute Gasteiger partial charge is 0.176 e. The summed E-state index contributed by atoms with van der Waals surface area (Å²) in [5, 5.41) is 0.730. The lowest BCUT2D eigenvalue weighted by Gasteiger charge is -2.12. The molecule has 7 nitrogen and oxygen atoms in total. The van der Waals surface area contributed by atoms with Crippen LogP contribution in [0.5, 0.6) is 11.5 Å². The van der Waals surface area contributed by atoms with E-state index >= 15 is 0 Å². The fourth-order valence-corrected chi connectivity index (χ4v) is 3.89. The average molecular weight is 410 g/mol. The van der Waals surface area contributed by atoms with Crippen molar-refractivity contribution in [3.05, 3.63) is 24.5 Å². The second-order valence-corrected chi connectivity index (χ2v) is 7.22. The van der Waals surface area contributed by atoms with Gasteiger partial charge in [0.2, 0.25) is 0 Å². The van der Waals surface area contributed by atoms with Gasteiger partial charge in [0.25, 0.3) is 0 Å². The van der Waals surface area contributed by atoms with E-state index < -0.39 is 0 Å². The second kappa shape index (κ2) is 6.86. The van der Waals surface area contributed by atoms with Crippen molar-refractivity contribution in [2.45, 2.75) is 21.9 Å². The maximum atomic E-state index is 5.94. The topological polar surface area (TPSA) is 88.1 Å². The van der Waals surface area contributed by atoms with E-state index in [0.29, 0.717) is 17.0 Å². The molecule has 3 aromatic rings. The Morgan fingerprint density at radius 3 is 2.71 bits per heavy atom. The lowest BCUT2D eigenvalue weighted by molar-refractivity contribution is 0.394. The van der Waals surface area contributed by atoms with Crippen molar-refractivity contribution in [2.75, 3.05) is 20.0 Å². The summed E-state index contributed by atoms with van der Waals surface area (Å²) in [6, 6.07) is 5.61. The summed E-state index contributed by atoms with van der Waals surface area (Å²) in [6.45, 7) is 1.99. The Kier molecular flexibility index (Phi) is 4.81. The normalized spacial score (nSPS) is 12.3. The van der Waals surface area contributed by atoms with Gasteiger partial charge in [-0.15, -0.1) is 0 Å². The highest BCUT2D eigenvalue weighted by Gasteiger charge is 2.20. The molecular formula is C15H16BrN5O2S. The Hall–Kier alpha value is -2.00. The van der Waals surface area contributed by atoms with Gasteiger partial charge in [-0.3, -0.25) is 4.57 Å². The van der Waals surface area contributed by atoms with Crippen LogP contribution in [0.1, 0.15) is 11.9 Å². The number of nitrogens with two attached hydrogens (primary N) is 1. The number of nitrogen functional groups attached to an aromatic ring is 1. The fraction of sp³-hybridized carbons (Fsp3) is 0.267. The van der Waals surface area contributed by atoms with E-state index in [4.69, 9.17) is 15.2 Å². The van der Waals surface area contributed by atoms with Crippen molar-refractivity contribution < 1.29 is 9.47 Å². The monoisotopic (exact) mass is 409 g/mol. The minimum absolute atomic E-state index is 0.0177. The second-order valence-electron chi connectivity index (χ2n) is 4.89. The predicted octanol–water partition coefficient (Wildman–Crippen LogP) is 3.49. The summed E-state index contributed by atoms with van der Waals surface area (Å²) in [5.74, 6) is 1.83. The SMILES string of the molecule is COc1ccc(OC)c(Sc2nc3c(N)ncnc3n2C(C)Br)c1. The Morgan fingerprint density at radius 1 is 1.25 bits per heavy atom. The highest BCUT2D eigenvalue weighted by Crippen LogP contribution is 2.40. The summed E-state index contributed by atoms with van der Waals surface area (Å²) in [4.78, 5) is 13.8. The van der Waals surface area contributed by atoms with Gasteiger partial charge in [-0.1, -0.05) is 15.9 Å². The quantitative estimate of drug-likeness (QED) is 0.644. The van der Waals surface area contributed by atoms with Gasteiger partial charge in [-0.05, 0) is 36.9 Å². The van der Waals surface area contributed by atoms with Crippen LogP contribution in [0.4, 0.5) is 5.82 Å². The van der Waals surface area contributed by atoms with Gasteiger partial charge in [0, 0.05) is 0 Å². The van der Waals surface area contributed by atoms with Crippen LogP contribution < -0.4 is 15.2 Å². The number of methoxy groups -OCH3 is 2. The fourth-order valence-electron chi connectivity index (χ4n) is 2.26. The lowest BCUT2D eigenvalue weighted by Crippen LogP contribution is -2.02. The molecule has 0 aliphatic carbocycles. The van der Waals surface area contributed by atoms with E-state index in [1.807, 2.05) is 29.7 Å². The first kappa shape index (κ1) is 16.8. The van der Waals surface area contributed by atoms with Crippen LogP contribution >= 0.6 is 27.7 Å². The molecule has 24 heavy (non-hydrogen) atoms. The number of fused-ring (bicyclic) bond motifs is 1. The average Bonchev–Trinajstić information content (AvgIpc) is 2.94. The molecule has 126 valence electrons. The molecule has 0 aliphatic heterocycles. The van der Waals surface area contributed by atoms with E-state index in [0.717, 1.165) is 21.6 Å². The molecule has 0 radical (unpaired) electrons. The minimum Gasteiger partial charge on any atom is -0.497 e. The third-order valence-corrected chi connectivity index (χ3v) is 4.82. The Balaban J connectivity index is 2.14. The van der Waals surface area contributed by atoms with E-state index in [1.54, 1.807) is 14.2 Å². The largest absolute Gasteiger partial charge is 0.497 e. The number of alkyl halides is 1. The summed E-state index contributed by atoms with van der Waals surface area (Å²) in [6.07, 6.45) is 1.44. The van der Waals surface area contributed by atoms with Gasteiger partial charge < -0.3 is 15.2 Å². The highest BCUT2D eigenvalue weighted by atomic mass is 79.9. The third kappa shape index (κ3) is 3.01. The zero-order chi connectivity index (χ0) is 17.3. The Labute approximate surface area is 151 Å². The van der Waals surface area contributed by atoms with Gasteiger partial charge in [-0.2, -0.15) is 0 Å². The van der Waals surface area contributed by atoms with Crippen LogP contribution in [-0.4, -0.2) is 33.7 Å². The summed E-state index contributed by atoms with van der Waals surface area (Å²) < 4.78 is 12.7. The van der Waals surface area contributed by atoms with E-state index in [-0.39, 0.29) is 4.95 Å². The molecule has 9 heteroatoms. The van der Waals surface area contributed by atoms with E-state index in [2.05, 4.69) is 30.9 Å². The van der Waals surface area contributed by atoms with Crippen LogP contribution in [0.3, 0.4) is 0 Å². The van der Waals surface area contributed by atoms with Crippen LogP contribution in [-0.2, 0) is 0 Å². The number of ether oxygens (including phenoxy) is 2. The number of imidazole rings is 1. The van der Waals surface area contributed by atoms with Gasteiger partial charge in [0.1, 0.15) is 17.8 Å². The van der Waals surface area contributed by atoms with Crippen molar-refractivity contribution in [1.29, 1.82) is 0 Å². The molecule has 0 bridgehead atoms. The zero-order valence-corrected chi connectivity index (χ0v) is 15.8. The number of rotatable bonds is 5. The molecule has 0 saturated heterocycles. The first-order valence-electron chi connectivity index (χ1n) is 7.07. The zero-order valence-electron chi connectivity index (χ0n) is 13.4. The number of benzene rings is 1. The summed E-state index contributed by atoms with van der Waals surface area (Å²) in [7, 11) is 3.26. The van der Waals surface area contributed by atoms with Crippen LogP contribution in [0.25, 0.3) is 11.2 Å². The number of hydrogen-bond acceptors (Lipinski definition) is 7. The number of halogens is 1. The van der Waals surface area contributed by atoms with Crippen LogP contribution in [0.2, 0.25) is 0 Å². The molecular weight excluding hydrogens is 394 g/mol. The molecule has 0 aliphatic rings. The van der Waals surface area contributed by atoms with Gasteiger partial charge in [0.05, 0.1) is 24.1 Å². The molecule has 1 atom stereocenters. The molecule has 0 fully saturated rings. The number of nitrogens with zero attached hydrogens (tertiary/aromatic N) is 4. The summed E-state index contributed by atoms with van der Waals surface area (Å²) in [5.41, 5.74) is 7.19. The molecule has 1 unspecified atom stereocenters. The first-order chi connectivity index (χ1) is 11.5. The predicted molar refractivity (Wildman–Crippen MR) is 97.0 cm³/mol. The molecule has 3 rings (SSSR count). The number of aromatic nitrogens is 4.